The molecule has 3 saturated carbocycles. The number of aromatic carboxylic acids is 1. The van der Waals surface area contributed by atoms with Gasteiger partial charge in [0.15, 0.2) is 23.5 Å². The number of allylic oxidation sites excluding steroid dienone is 1. The third-order valence-electron chi connectivity index (χ3n) is 13.6. The second-order valence-electron chi connectivity index (χ2n) is 16.1. The minimum absolute atomic E-state index is 0.0229. The fourth-order valence-corrected chi connectivity index (χ4v) is 11.2. The van der Waals surface area contributed by atoms with E-state index in [1.165, 1.54) is 11.8 Å². The van der Waals surface area contributed by atoms with Crippen molar-refractivity contribution in [3.05, 3.63) is 50.8 Å². The monoisotopic (exact) mass is 711 g/mol. The summed E-state index contributed by atoms with van der Waals surface area (Å²) in [5.41, 5.74) is -6.64. The maximum absolute atomic E-state index is 16.6. The molecule has 4 aliphatic carbocycles. The quantitative estimate of drug-likeness (QED) is 0.298. The first-order chi connectivity index (χ1) is 24.0. The highest BCUT2D eigenvalue weighted by Gasteiger charge is 2.69. The van der Waals surface area contributed by atoms with E-state index in [0.29, 0.717) is 38.6 Å². The van der Waals surface area contributed by atoms with Crippen molar-refractivity contribution in [2.45, 2.75) is 103 Å². The van der Waals surface area contributed by atoms with Gasteiger partial charge in [0.1, 0.15) is 22.7 Å². The Hall–Kier alpha value is -3.52. The summed E-state index contributed by atoms with van der Waals surface area (Å²) in [4.78, 5) is 54.9. The zero-order valence-corrected chi connectivity index (χ0v) is 29.5. The molecule has 1 aromatic carbocycles. The lowest BCUT2D eigenvalue weighted by molar-refractivity contribution is -0.186. The van der Waals surface area contributed by atoms with Gasteiger partial charge in [-0.05, 0) is 87.7 Å². The van der Waals surface area contributed by atoms with E-state index in [1.807, 2.05) is 6.92 Å². The number of aliphatic hydroxyl groups is 3. The standard InChI is InChI=1S/C38H47F2N3O8/c1-5-43-29-22(15-24(39)30(28(29)40)42-13-12-41-18(2)17-42)32(46)26(35(49)50)31(43)33(47)34(48)38(51)11-9-23-21-7-6-19-14-20(44)8-10-36(19,3)27(21)25(45)16-37(23,38)4/h14-15,18,21,23,25,27,33,41,45,47,51H,5-13,16-17H2,1-4H3,(H,49,50)/t18?,21-,23-,25-,27+,33?,36-,37-,38-/m0/s1. The van der Waals surface area contributed by atoms with Gasteiger partial charge >= 0.3 is 5.97 Å². The van der Waals surface area contributed by atoms with Gasteiger partial charge in [-0.1, -0.05) is 19.4 Å². The Morgan fingerprint density at radius 2 is 1.86 bits per heavy atom. The van der Waals surface area contributed by atoms with Crippen LogP contribution in [0.25, 0.3) is 10.9 Å². The van der Waals surface area contributed by atoms with Crippen molar-refractivity contribution < 1.29 is 43.6 Å². The summed E-state index contributed by atoms with van der Waals surface area (Å²) >= 11 is 0. The maximum atomic E-state index is 16.6. The highest BCUT2D eigenvalue weighted by molar-refractivity contribution is 6.00. The molecule has 5 N–H and O–H groups in total. The third kappa shape index (κ3) is 5.01. The predicted molar refractivity (Wildman–Crippen MR) is 183 cm³/mol. The van der Waals surface area contributed by atoms with Gasteiger partial charge in [-0.3, -0.25) is 14.4 Å². The molecule has 5 aliphatic rings. The highest BCUT2D eigenvalue weighted by atomic mass is 19.1. The second kappa shape index (κ2) is 12.3. The smallest absolute Gasteiger partial charge is 0.341 e. The number of hydrogen-bond acceptors (Lipinski definition) is 9. The van der Waals surface area contributed by atoms with Crippen LogP contribution in [0.4, 0.5) is 14.5 Å². The number of nitrogens with one attached hydrogen (secondary N) is 1. The number of aromatic nitrogens is 1. The fourth-order valence-electron chi connectivity index (χ4n) is 11.2. The van der Waals surface area contributed by atoms with E-state index in [1.54, 1.807) is 13.0 Å². The molecule has 0 spiro atoms. The SMILES string of the molecule is CCn1c(C(O)C(=O)[C@@]2(O)CC[C@H]3[C@@H]4CCC5=CC(=O)CC[C@]5(C)[C@H]4[C@@H](O)C[C@@]32C)c(C(=O)O)c(=O)c2cc(F)c(N3CCNC(C)C3)c(F)c21. The van der Waals surface area contributed by atoms with Crippen LogP contribution in [0.5, 0.6) is 0 Å². The number of Topliss-reactive ketones (excluding diaryl/α,β-unsaturated/α-hetero) is 1. The number of aliphatic hydroxyl groups excluding tert-OH is 2. The molecule has 2 unspecified atom stereocenters. The normalized spacial score (nSPS) is 35.5. The fraction of sp³-hybridized carbons (Fsp3) is 0.632. The number of nitrogens with zero attached hydrogens (tertiary/aromatic N) is 2. The summed E-state index contributed by atoms with van der Waals surface area (Å²) in [5, 5.41) is 49.1. The number of piperazine rings is 1. The Kier molecular flexibility index (Phi) is 8.64. The van der Waals surface area contributed by atoms with Crippen molar-refractivity contribution in [1.29, 1.82) is 0 Å². The Labute approximate surface area is 294 Å². The molecule has 4 fully saturated rings. The molecule has 276 valence electrons. The highest BCUT2D eigenvalue weighted by Crippen LogP contribution is 2.68. The molecular formula is C38H47F2N3O8. The minimum Gasteiger partial charge on any atom is -0.477 e. The summed E-state index contributed by atoms with van der Waals surface area (Å²) < 4.78 is 33.2. The number of pyridine rings is 1. The van der Waals surface area contributed by atoms with Crippen LogP contribution in [-0.4, -0.2) is 79.9 Å². The molecule has 1 saturated heterocycles. The number of fused-ring (bicyclic) bond motifs is 6. The molecule has 2 heterocycles. The molecule has 0 bridgehead atoms. The van der Waals surface area contributed by atoms with E-state index in [9.17, 15) is 39.6 Å². The summed E-state index contributed by atoms with van der Waals surface area (Å²) in [6, 6.07) is 0.710. The van der Waals surface area contributed by atoms with E-state index in [4.69, 9.17) is 0 Å². The lowest BCUT2D eigenvalue weighted by Crippen LogP contribution is -2.62. The van der Waals surface area contributed by atoms with E-state index in [0.717, 1.165) is 16.2 Å². The van der Waals surface area contributed by atoms with Crippen LogP contribution in [0.3, 0.4) is 0 Å². The molecule has 1 aliphatic heterocycles. The molecular weight excluding hydrogens is 664 g/mol. The van der Waals surface area contributed by atoms with Crippen LogP contribution in [0.2, 0.25) is 0 Å². The number of carbonyl (C=O) groups excluding carboxylic acids is 2. The molecule has 7 rings (SSSR count). The number of rotatable bonds is 6. The van der Waals surface area contributed by atoms with Gasteiger partial charge in [0.05, 0.1) is 22.7 Å². The van der Waals surface area contributed by atoms with Crippen molar-refractivity contribution in [2.75, 3.05) is 24.5 Å². The summed E-state index contributed by atoms with van der Waals surface area (Å²) in [7, 11) is 0. The van der Waals surface area contributed by atoms with E-state index >= 15 is 8.78 Å². The van der Waals surface area contributed by atoms with Crippen LogP contribution in [-0.2, 0) is 16.1 Å². The Bertz CT molecular complexity index is 1950. The Morgan fingerprint density at radius 1 is 1.14 bits per heavy atom. The number of carbonyl (C=O) groups is 3. The number of hydrogen-bond donors (Lipinski definition) is 5. The molecule has 9 atom stereocenters. The van der Waals surface area contributed by atoms with Gasteiger partial charge < -0.3 is 35.2 Å². The summed E-state index contributed by atoms with van der Waals surface area (Å²) in [5.74, 6) is -5.54. The average Bonchev–Trinajstić information content (AvgIpc) is 3.34. The first-order valence-electron chi connectivity index (χ1n) is 18.2. The molecule has 51 heavy (non-hydrogen) atoms. The third-order valence-corrected chi connectivity index (χ3v) is 13.6. The summed E-state index contributed by atoms with van der Waals surface area (Å²) in [6.45, 7) is 7.95. The zero-order valence-electron chi connectivity index (χ0n) is 29.5. The maximum Gasteiger partial charge on any atom is 0.341 e. The zero-order chi connectivity index (χ0) is 36.9. The molecule has 11 nitrogen and oxygen atoms in total. The van der Waals surface area contributed by atoms with Crippen molar-refractivity contribution in [3.8, 4) is 0 Å². The number of aryl methyl sites for hydroxylation is 1. The Morgan fingerprint density at radius 3 is 2.53 bits per heavy atom. The van der Waals surface area contributed by atoms with Crippen LogP contribution < -0.4 is 15.6 Å². The molecule has 13 heteroatoms. The topological polar surface area (TPSA) is 169 Å². The van der Waals surface area contributed by atoms with E-state index in [-0.39, 0.29) is 62.1 Å². The molecule has 1 aromatic heterocycles. The minimum atomic E-state index is -2.36. The van der Waals surface area contributed by atoms with Crippen LogP contribution >= 0.6 is 0 Å². The van der Waals surface area contributed by atoms with Crippen molar-refractivity contribution in [3.63, 3.8) is 0 Å². The molecule has 0 radical (unpaired) electrons. The largest absolute Gasteiger partial charge is 0.477 e. The van der Waals surface area contributed by atoms with Crippen LogP contribution in [0.15, 0.2) is 22.5 Å². The van der Waals surface area contributed by atoms with Crippen LogP contribution in [0, 0.1) is 40.2 Å². The van der Waals surface area contributed by atoms with Gasteiger partial charge in [-0.25, -0.2) is 13.6 Å². The van der Waals surface area contributed by atoms with Crippen LogP contribution in [0.1, 0.15) is 94.8 Å². The first-order valence-corrected chi connectivity index (χ1v) is 18.2. The van der Waals surface area contributed by atoms with Gasteiger partial charge in [-0.2, -0.15) is 0 Å². The van der Waals surface area contributed by atoms with E-state index < -0.39 is 85.3 Å². The average molecular weight is 712 g/mol. The number of carboxylic acid groups (broad SMARTS) is 1. The molecule has 2 aromatic rings. The number of anilines is 1. The number of carboxylic acids is 1. The van der Waals surface area contributed by atoms with E-state index in [2.05, 4.69) is 12.2 Å². The van der Waals surface area contributed by atoms with Gasteiger partial charge in [0.25, 0.3) is 0 Å². The number of ketones is 2. The first kappa shape index (κ1) is 35.9. The lowest BCUT2D eigenvalue weighted by atomic mass is 9.45. The lowest BCUT2D eigenvalue weighted by Gasteiger charge is -2.60. The number of halogens is 2. The van der Waals surface area contributed by atoms with Crippen molar-refractivity contribution in [2.24, 2.45) is 28.6 Å². The predicted octanol–water partition coefficient (Wildman–Crippen LogP) is 3.63. The van der Waals surface area contributed by atoms with Gasteiger partial charge in [0.2, 0.25) is 5.43 Å². The van der Waals surface area contributed by atoms with Crippen molar-refractivity contribution >= 4 is 34.1 Å². The molecule has 0 amide bonds. The second-order valence-corrected chi connectivity index (χ2v) is 16.1. The van der Waals surface area contributed by atoms with Crippen molar-refractivity contribution in [1.82, 2.24) is 9.88 Å². The summed E-state index contributed by atoms with van der Waals surface area (Å²) in [6.07, 6.45) is 1.05. The van der Waals surface area contributed by atoms with Gasteiger partial charge in [-0.15, -0.1) is 0 Å². The Balaban J connectivity index is 1.32. The number of benzene rings is 1. The van der Waals surface area contributed by atoms with Gasteiger partial charge in [0, 0.05) is 44.1 Å².